The molecule has 6 nitrogen and oxygen atoms in total. The molecule has 0 bridgehead atoms. The molecule has 0 saturated heterocycles. The Bertz CT molecular complexity index is 1030. The Labute approximate surface area is 137 Å². The van der Waals surface area contributed by atoms with Gasteiger partial charge in [0.1, 0.15) is 5.58 Å². The number of methoxy groups -OCH3 is 1. The molecule has 2 aromatic carbocycles. The minimum absolute atomic E-state index is 0.269. The maximum absolute atomic E-state index is 12.7. The van der Waals surface area contributed by atoms with Crippen LogP contribution in [0.25, 0.3) is 21.9 Å². The Morgan fingerprint density at radius 3 is 3.04 bits per heavy atom. The van der Waals surface area contributed by atoms with Gasteiger partial charge in [-0.2, -0.15) is 5.10 Å². The van der Waals surface area contributed by atoms with Crippen LogP contribution in [0.1, 0.15) is 16.1 Å². The first-order valence-corrected chi connectivity index (χ1v) is 7.50. The number of para-hydroxylation sites is 1. The number of H-pyrrole nitrogens is 1. The van der Waals surface area contributed by atoms with E-state index in [-0.39, 0.29) is 11.7 Å². The van der Waals surface area contributed by atoms with Crippen molar-refractivity contribution in [3.05, 3.63) is 60.0 Å². The fourth-order valence-electron chi connectivity index (χ4n) is 2.78. The number of fused-ring (bicyclic) bond motifs is 2. The van der Waals surface area contributed by atoms with Crippen molar-refractivity contribution in [1.82, 2.24) is 10.2 Å². The van der Waals surface area contributed by atoms with Crippen molar-refractivity contribution < 1.29 is 13.9 Å². The monoisotopic (exact) mass is 321 g/mol. The van der Waals surface area contributed by atoms with Crippen LogP contribution in [0, 0.1) is 0 Å². The van der Waals surface area contributed by atoms with Gasteiger partial charge in [0.15, 0.2) is 5.76 Å². The van der Waals surface area contributed by atoms with Crippen molar-refractivity contribution >= 4 is 33.5 Å². The normalized spacial score (nSPS) is 11.2. The Morgan fingerprint density at radius 2 is 2.17 bits per heavy atom. The number of carbonyl (C=O) groups excluding carboxylic acids is 1. The largest absolute Gasteiger partial charge is 0.451 e. The van der Waals surface area contributed by atoms with Crippen molar-refractivity contribution in [2.24, 2.45) is 0 Å². The van der Waals surface area contributed by atoms with Gasteiger partial charge in [0, 0.05) is 29.1 Å². The number of aromatic nitrogens is 2. The van der Waals surface area contributed by atoms with E-state index in [2.05, 4.69) is 15.5 Å². The number of rotatable bonds is 4. The maximum Gasteiger partial charge on any atom is 0.291 e. The van der Waals surface area contributed by atoms with Gasteiger partial charge in [0.05, 0.1) is 18.3 Å². The van der Waals surface area contributed by atoms with Crippen molar-refractivity contribution in [1.29, 1.82) is 0 Å². The second kappa shape index (κ2) is 5.82. The second-order valence-electron chi connectivity index (χ2n) is 5.47. The van der Waals surface area contributed by atoms with Crippen LogP contribution >= 0.6 is 0 Å². The highest BCUT2D eigenvalue weighted by atomic mass is 16.5. The highest BCUT2D eigenvalue weighted by molar-refractivity contribution is 6.07. The number of anilines is 1. The third kappa shape index (κ3) is 2.43. The average Bonchev–Trinajstić information content (AvgIpc) is 3.20. The van der Waals surface area contributed by atoms with Crippen LogP contribution in [-0.4, -0.2) is 23.2 Å². The molecule has 4 rings (SSSR count). The molecule has 0 radical (unpaired) electrons. The summed E-state index contributed by atoms with van der Waals surface area (Å²) in [5, 5.41) is 11.5. The van der Waals surface area contributed by atoms with E-state index in [0.29, 0.717) is 17.9 Å². The Balaban J connectivity index is 1.70. The van der Waals surface area contributed by atoms with Crippen LogP contribution in [0.2, 0.25) is 0 Å². The molecule has 2 heterocycles. The van der Waals surface area contributed by atoms with Crippen LogP contribution in [0.3, 0.4) is 0 Å². The summed E-state index contributed by atoms with van der Waals surface area (Å²) in [6.45, 7) is 0.306. The summed E-state index contributed by atoms with van der Waals surface area (Å²) >= 11 is 0. The van der Waals surface area contributed by atoms with E-state index in [1.807, 2.05) is 42.5 Å². The first-order chi connectivity index (χ1) is 11.8. The summed E-state index contributed by atoms with van der Waals surface area (Å²) in [4.78, 5) is 12.7. The standard InChI is InChI=1S/C18H15N3O3/c1-23-10-14-13-4-2-3-5-16(13)24-17(14)18(22)20-12-6-7-15-11(8-12)9-19-21-15/h2-9H,10H2,1H3,(H,19,21)(H,20,22). The number of hydrogen-bond donors (Lipinski definition) is 2. The van der Waals surface area contributed by atoms with Crippen LogP contribution in [0.4, 0.5) is 5.69 Å². The molecule has 120 valence electrons. The van der Waals surface area contributed by atoms with Gasteiger partial charge in [-0.15, -0.1) is 0 Å². The highest BCUT2D eigenvalue weighted by Gasteiger charge is 2.20. The zero-order valence-electron chi connectivity index (χ0n) is 13.0. The van der Waals surface area contributed by atoms with E-state index >= 15 is 0 Å². The molecule has 0 unspecified atom stereocenters. The lowest BCUT2D eigenvalue weighted by Gasteiger charge is -2.05. The first kappa shape index (κ1) is 14.5. The van der Waals surface area contributed by atoms with Gasteiger partial charge < -0.3 is 14.5 Å². The molecule has 6 heteroatoms. The minimum atomic E-state index is -0.305. The van der Waals surface area contributed by atoms with Gasteiger partial charge in [-0.1, -0.05) is 18.2 Å². The smallest absolute Gasteiger partial charge is 0.291 e. The highest BCUT2D eigenvalue weighted by Crippen LogP contribution is 2.27. The maximum atomic E-state index is 12.7. The number of benzene rings is 2. The summed E-state index contributed by atoms with van der Waals surface area (Å²) in [7, 11) is 1.59. The predicted octanol–water partition coefficient (Wildman–Crippen LogP) is 3.71. The quantitative estimate of drug-likeness (QED) is 0.600. The molecular formula is C18H15N3O3. The molecule has 2 N–H and O–H groups in total. The van der Waals surface area contributed by atoms with E-state index in [9.17, 15) is 4.79 Å². The van der Waals surface area contributed by atoms with Crippen molar-refractivity contribution in [2.75, 3.05) is 12.4 Å². The number of nitrogens with one attached hydrogen (secondary N) is 2. The fraction of sp³-hybridized carbons (Fsp3) is 0.111. The summed E-state index contributed by atoms with van der Waals surface area (Å²) in [6.07, 6.45) is 1.71. The lowest BCUT2D eigenvalue weighted by molar-refractivity contribution is 0.0992. The van der Waals surface area contributed by atoms with Gasteiger partial charge in [-0.25, -0.2) is 0 Å². The van der Waals surface area contributed by atoms with Gasteiger partial charge in [-0.05, 0) is 24.3 Å². The summed E-state index contributed by atoms with van der Waals surface area (Å²) in [5.74, 6) is -0.0357. The molecule has 0 aliphatic heterocycles. The van der Waals surface area contributed by atoms with Crippen molar-refractivity contribution in [3.8, 4) is 0 Å². The Hall–Kier alpha value is -3.12. The number of ether oxygens (including phenoxy) is 1. The Morgan fingerprint density at radius 1 is 1.29 bits per heavy atom. The van der Waals surface area contributed by atoms with E-state index in [1.165, 1.54) is 0 Å². The first-order valence-electron chi connectivity index (χ1n) is 7.50. The Kier molecular flexibility index (Phi) is 3.51. The van der Waals surface area contributed by atoms with Gasteiger partial charge in [-0.3, -0.25) is 9.89 Å². The average molecular weight is 321 g/mol. The lowest BCUT2D eigenvalue weighted by atomic mass is 10.1. The summed E-state index contributed by atoms with van der Waals surface area (Å²) in [5.41, 5.74) is 3.00. The number of aromatic amines is 1. The topological polar surface area (TPSA) is 80.1 Å². The van der Waals surface area contributed by atoms with Crippen molar-refractivity contribution in [3.63, 3.8) is 0 Å². The van der Waals surface area contributed by atoms with Crippen molar-refractivity contribution in [2.45, 2.75) is 6.61 Å². The molecule has 0 atom stereocenters. The molecule has 24 heavy (non-hydrogen) atoms. The molecule has 4 aromatic rings. The molecule has 0 fully saturated rings. The van der Waals surface area contributed by atoms with Gasteiger partial charge in [0.25, 0.3) is 5.91 Å². The lowest BCUT2D eigenvalue weighted by Crippen LogP contribution is -2.13. The van der Waals surface area contributed by atoms with E-state index in [0.717, 1.165) is 21.9 Å². The van der Waals surface area contributed by atoms with Crippen LogP contribution in [0.15, 0.2) is 53.1 Å². The minimum Gasteiger partial charge on any atom is -0.451 e. The second-order valence-corrected chi connectivity index (χ2v) is 5.47. The van der Waals surface area contributed by atoms with Crippen LogP contribution in [0.5, 0.6) is 0 Å². The van der Waals surface area contributed by atoms with E-state index < -0.39 is 0 Å². The third-order valence-corrected chi connectivity index (χ3v) is 3.89. The fourth-order valence-corrected chi connectivity index (χ4v) is 2.78. The SMILES string of the molecule is COCc1c(C(=O)Nc2ccc3[nH]ncc3c2)oc2ccccc12. The molecule has 0 saturated carbocycles. The number of carbonyl (C=O) groups is 1. The van der Waals surface area contributed by atoms with Gasteiger partial charge in [0.2, 0.25) is 0 Å². The summed E-state index contributed by atoms with van der Waals surface area (Å²) < 4.78 is 11.0. The predicted molar refractivity (Wildman–Crippen MR) is 91.0 cm³/mol. The zero-order chi connectivity index (χ0) is 16.5. The number of hydrogen-bond acceptors (Lipinski definition) is 4. The number of nitrogens with zero attached hydrogens (tertiary/aromatic N) is 1. The molecular weight excluding hydrogens is 306 g/mol. The molecule has 2 aromatic heterocycles. The zero-order valence-corrected chi connectivity index (χ0v) is 13.0. The van der Waals surface area contributed by atoms with E-state index in [4.69, 9.17) is 9.15 Å². The molecule has 0 spiro atoms. The summed E-state index contributed by atoms with van der Waals surface area (Å²) in [6, 6.07) is 13.1. The van der Waals surface area contributed by atoms with Gasteiger partial charge >= 0.3 is 0 Å². The third-order valence-electron chi connectivity index (χ3n) is 3.89. The van der Waals surface area contributed by atoms with Crippen LogP contribution in [-0.2, 0) is 11.3 Å². The van der Waals surface area contributed by atoms with E-state index in [1.54, 1.807) is 13.3 Å². The molecule has 0 aliphatic carbocycles. The molecule has 0 aliphatic rings. The number of furan rings is 1. The number of amides is 1. The molecule has 1 amide bonds. The van der Waals surface area contributed by atoms with Crippen LogP contribution < -0.4 is 5.32 Å².